The SMILES string of the molecule is P[c-]1ccc(Cl)c1Cl.[Fe+2].c1cc[cH-]c1. The Morgan fingerprint density at radius 3 is 1.93 bits per heavy atom. The van der Waals surface area contributed by atoms with Crippen LogP contribution in [0.25, 0.3) is 0 Å². The van der Waals surface area contributed by atoms with E-state index in [1.807, 2.05) is 36.4 Å². The summed E-state index contributed by atoms with van der Waals surface area (Å²) in [5, 5.41) is 2.21. The predicted molar refractivity (Wildman–Crippen MR) is 63.4 cm³/mol. The summed E-state index contributed by atoms with van der Waals surface area (Å²) in [6.07, 6.45) is 0. The van der Waals surface area contributed by atoms with Gasteiger partial charge in [-0.3, -0.25) is 0 Å². The summed E-state index contributed by atoms with van der Waals surface area (Å²) in [7, 11) is 2.49. The molecule has 2 aromatic carbocycles. The maximum absolute atomic E-state index is 5.64. The summed E-state index contributed by atoms with van der Waals surface area (Å²) in [6, 6.07) is 13.6. The fourth-order valence-electron chi connectivity index (χ4n) is 0.768. The molecule has 1 unspecified atom stereocenters. The number of rotatable bonds is 0. The fourth-order valence-corrected chi connectivity index (χ4v) is 1.41. The zero-order chi connectivity index (χ0) is 9.68. The zero-order valence-corrected chi connectivity index (χ0v) is 11.0. The van der Waals surface area contributed by atoms with Gasteiger partial charge in [0.15, 0.2) is 0 Å². The molecule has 0 fully saturated rings. The summed E-state index contributed by atoms with van der Waals surface area (Å²) in [4.78, 5) is 0. The fraction of sp³-hybridized carbons (Fsp3) is 0. The average Bonchev–Trinajstić information content (AvgIpc) is 2.75. The van der Waals surface area contributed by atoms with E-state index in [1.165, 1.54) is 0 Å². The summed E-state index contributed by atoms with van der Waals surface area (Å²) in [6.45, 7) is 0. The van der Waals surface area contributed by atoms with Crippen LogP contribution >= 0.6 is 32.4 Å². The third-order valence-electron chi connectivity index (χ3n) is 1.43. The number of hydrogen-bond acceptors (Lipinski definition) is 0. The van der Waals surface area contributed by atoms with Crippen molar-refractivity contribution < 1.29 is 17.1 Å². The van der Waals surface area contributed by atoms with Gasteiger partial charge in [-0.05, 0) is 0 Å². The van der Waals surface area contributed by atoms with Gasteiger partial charge in [-0.15, -0.1) is 16.9 Å². The van der Waals surface area contributed by atoms with E-state index in [1.54, 1.807) is 6.07 Å². The molecule has 2 aromatic rings. The Balaban J connectivity index is 0.000000246. The minimum absolute atomic E-state index is 0. The van der Waals surface area contributed by atoms with Crippen LogP contribution in [-0.4, -0.2) is 0 Å². The van der Waals surface area contributed by atoms with Crippen molar-refractivity contribution in [3.05, 3.63) is 52.5 Å². The van der Waals surface area contributed by atoms with Gasteiger partial charge in [0, 0.05) is 0 Å². The summed E-state index contributed by atoms with van der Waals surface area (Å²) >= 11 is 11.2. The molecule has 0 spiro atoms. The smallest absolute Gasteiger partial charge is 0.214 e. The van der Waals surface area contributed by atoms with Gasteiger partial charge < -0.3 is 0 Å². The van der Waals surface area contributed by atoms with E-state index in [4.69, 9.17) is 23.2 Å². The zero-order valence-electron chi connectivity index (χ0n) is 7.23. The number of halogens is 2. The quantitative estimate of drug-likeness (QED) is 0.394. The largest absolute Gasteiger partial charge is 2.00 e. The van der Waals surface area contributed by atoms with Crippen molar-refractivity contribution in [2.24, 2.45) is 0 Å². The van der Waals surface area contributed by atoms with Gasteiger partial charge in [0.25, 0.3) is 0 Å². The van der Waals surface area contributed by atoms with Gasteiger partial charge in [0.2, 0.25) is 0 Å². The van der Waals surface area contributed by atoms with Gasteiger partial charge >= 0.3 is 17.1 Å². The minimum atomic E-state index is 0. The predicted octanol–water partition coefficient (Wildman–Crippen LogP) is 3.62. The molecule has 0 radical (unpaired) electrons. The van der Waals surface area contributed by atoms with Crippen molar-refractivity contribution in [1.82, 2.24) is 0 Å². The van der Waals surface area contributed by atoms with Crippen molar-refractivity contribution in [1.29, 1.82) is 0 Å². The van der Waals surface area contributed by atoms with E-state index < -0.39 is 0 Å². The summed E-state index contributed by atoms with van der Waals surface area (Å²) in [5.41, 5.74) is 0. The Bertz CT molecular complexity index is 304. The molecule has 0 heterocycles. The summed E-state index contributed by atoms with van der Waals surface area (Å²) < 4.78 is 0. The van der Waals surface area contributed by atoms with Crippen molar-refractivity contribution in [2.75, 3.05) is 0 Å². The molecule has 14 heavy (non-hydrogen) atoms. The molecule has 0 amide bonds. The first-order valence-electron chi connectivity index (χ1n) is 3.74. The molecule has 2 rings (SSSR count). The standard InChI is InChI=1S/C5H4Cl2P.C5H5.Fe/c6-3-1-2-4(8)5(3)7;1-2-4-5-3-1;/h1-2H,8H2;1-5H;/q2*-1;+2. The van der Waals surface area contributed by atoms with Crippen molar-refractivity contribution in [3.8, 4) is 0 Å². The topological polar surface area (TPSA) is 0 Å². The van der Waals surface area contributed by atoms with Crippen LogP contribution in [0.5, 0.6) is 0 Å². The van der Waals surface area contributed by atoms with E-state index in [-0.39, 0.29) is 17.1 Å². The van der Waals surface area contributed by atoms with Crippen LogP contribution in [0.3, 0.4) is 0 Å². The molecule has 0 bridgehead atoms. The van der Waals surface area contributed by atoms with E-state index in [0.717, 1.165) is 5.30 Å². The van der Waals surface area contributed by atoms with E-state index in [0.29, 0.717) is 10.0 Å². The molecule has 76 valence electrons. The Labute approximate surface area is 107 Å². The molecule has 4 heteroatoms. The third-order valence-corrected chi connectivity index (χ3v) is 2.93. The van der Waals surface area contributed by atoms with Crippen molar-refractivity contribution in [2.45, 2.75) is 0 Å². The molecular weight excluding hydrogens is 278 g/mol. The molecule has 1 atom stereocenters. The molecule has 0 aliphatic rings. The monoisotopic (exact) mass is 286 g/mol. The molecule has 0 saturated carbocycles. The molecule has 0 saturated heterocycles. The summed E-state index contributed by atoms with van der Waals surface area (Å²) in [5.74, 6) is 0. The van der Waals surface area contributed by atoms with E-state index >= 15 is 0 Å². The van der Waals surface area contributed by atoms with Crippen LogP contribution in [0.1, 0.15) is 0 Å². The third kappa shape index (κ3) is 4.64. The van der Waals surface area contributed by atoms with Crippen LogP contribution in [-0.2, 0) is 17.1 Å². The van der Waals surface area contributed by atoms with Crippen molar-refractivity contribution in [3.63, 3.8) is 0 Å². The van der Waals surface area contributed by atoms with Gasteiger partial charge in [-0.25, -0.2) is 12.1 Å². The van der Waals surface area contributed by atoms with Gasteiger partial charge in [0.1, 0.15) is 0 Å². The first-order chi connectivity index (χ1) is 6.22. The van der Waals surface area contributed by atoms with E-state index in [2.05, 4.69) is 9.24 Å². The average molecular weight is 287 g/mol. The molecular formula is C10H9Cl2FeP. The first-order valence-corrected chi connectivity index (χ1v) is 5.08. The van der Waals surface area contributed by atoms with E-state index in [9.17, 15) is 0 Å². The van der Waals surface area contributed by atoms with Gasteiger partial charge in [-0.2, -0.15) is 51.2 Å². The second-order valence-corrected chi connectivity index (χ2v) is 3.82. The van der Waals surface area contributed by atoms with Crippen LogP contribution < -0.4 is 5.30 Å². The Hall–Kier alpha value is 0.229. The van der Waals surface area contributed by atoms with Crippen LogP contribution in [0.15, 0.2) is 42.5 Å². The normalized spacial score (nSPS) is 8.50. The van der Waals surface area contributed by atoms with Gasteiger partial charge in [-0.1, -0.05) is 10.0 Å². The second-order valence-electron chi connectivity index (χ2n) is 2.41. The molecule has 0 aliphatic carbocycles. The second kappa shape index (κ2) is 7.51. The van der Waals surface area contributed by atoms with Crippen LogP contribution in [0.2, 0.25) is 10.0 Å². The maximum Gasteiger partial charge on any atom is 2.00 e. The minimum Gasteiger partial charge on any atom is -0.214 e. The number of hydrogen-bond donors (Lipinski definition) is 0. The Morgan fingerprint density at radius 2 is 1.79 bits per heavy atom. The Morgan fingerprint density at radius 1 is 1.21 bits per heavy atom. The van der Waals surface area contributed by atoms with Gasteiger partial charge in [0.05, 0.1) is 0 Å². The van der Waals surface area contributed by atoms with Crippen LogP contribution in [0.4, 0.5) is 0 Å². The molecule has 0 aliphatic heterocycles. The maximum atomic E-state index is 5.64. The van der Waals surface area contributed by atoms with Crippen molar-refractivity contribution >= 4 is 37.7 Å². The first kappa shape index (κ1) is 14.2. The molecule has 0 nitrogen and oxygen atoms in total. The molecule has 0 N–H and O–H groups in total. The Kier molecular flexibility index (Phi) is 7.64. The van der Waals surface area contributed by atoms with Crippen LogP contribution in [0, 0.1) is 0 Å². The molecule has 0 aromatic heterocycles.